The summed E-state index contributed by atoms with van der Waals surface area (Å²) in [6.07, 6.45) is 11.1. The number of hydrogen-bond acceptors (Lipinski definition) is 2. The molecule has 0 bridgehead atoms. The molecule has 2 fully saturated rings. The molecule has 5 rings (SSSR count). The highest BCUT2D eigenvalue weighted by molar-refractivity contribution is 5.66. The van der Waals surface area contributed by atoms with E-state index in [1.165, 1.54) is 44.9 Å². The number of rotatable bonds is 1. The van der Waals surface area contributed by atoms with Crippen LogP contribution in [0, 0.1) is 40.4 Å². The maximum Gasteiger partial charge on any atom is 0.302 e. The summed E-state index contributed by atoms with van der Waals surface area (Å²) in [5.41, 5.74) is 5.06. The number of benzene rings is 1. The van der Waals surface area contributed by atoms with Gasteiger partial charge in [-0.1, -0.05) is 48.1 Å². The Morgan fingerprint density at radius 2 is 1.84 bits per heavy atom. The zero-order valence-corrected chi connectivity index (χ0v) is 19.4. The van der Waals surface area contributed by atoms with Crippen LogP contribution in [0.15, 0.2) is 41.5 Å². The van der Waals surface area contributed by atoms with Crippen molar-refractivity contribution in [2.45, 2.75) is 84.7 Å². The van der Waals surface area contributed by atoms with Crippen molar-refractivity contribution in [3.05, 3.63) is 47.0 Å². The number of allylic oxidation sites excluding steroid dienone is 2. The summed E-state index contributed by atoms with van der Waals surface area (Å²) in [5, 5.41) is 0. The van der Waals surface area contributed by atoms with Gasteiger partial charge in [0.15, 0.2) is 0 Å². The maximum absolute atomic E-state index is 11.5. The van der Waals surface area contributed by atoms with Gasteiger partial charge >= 0.3 is 5.97 Å². The maximum atomic E-state index is 11.5. The molecule has 4 aliphatic carbocycles. The van der Waals surface area contributed by atoms with Gasteiger partial charge in [0.05, 0.1) is 5.41 Å². The van der Waals surface area contributed by atoms with Gasteiger partial charge in [-0.2, -0.15) is 0 Å². The first kappa shape index (κ1) is 20.9. The Balaban J connectivity index is 1.37. The van der Waals surface area contributed by atoms with Gasteiger partial charge in [-0.05, 0) is 100 Å². The number of ether oxygens (including phenoxy) is 1. The molecule has 2 nitrogen and oxygen atoms in total. The highest BCUT2D eigenvalue weighted by Gasteiger charge is 2.54. The third-order valence-corrected chi connectivity index (χ3v) is 9.33. The predicted octanol–water partition coefficient (Wildman–Crippen LogP) is 6.69. The molecule has 6 atom stereocenters. The Hall–Kier alpha value is -2.01. The third kappa shape index (κ3) is 3.65. The lowest BCUT2D eigenvalue weighted by atomic mass is 9.49. The van der Waals surface area contributed by atoms with Gasteiger partial charge in [0.1, 0.15) is 6.10 Å². The quantitative estimate of drug-likeness (QED) is 0.289. The summed E-state index contributed by atoms with van der Waals surface area (Å²) in [6.45, 7) is 6.51. The minimum absolute atomic E-state index is 0.0564. The molecule has 164 valence electrons. The van der Waals surface area contributed by atoms with E-state index in [-0.39, 0.29) is 17.5 Å². The minimum Gasteiger partial charge on any atom is -0.463 e. The van der Waals surface area contributed by atoms with Crippen molar-refractivity contribution >= 4 is 5.97 Å². The molecule has 1 aromatic rings. The summed E-state index contributed by atoms with van der Waals surface area (Å²) >= 11 is 0. The number of carbonyl (C=O) groups excluding carboxylic acids is 1. The lowest BCUT2D eigenvalue weighted by Gasteiger charge is -2.57. The van der Waals surface area contributed by atoms with Crippen LogP contribution in [0.2, 0.25) is 0 Å². The van der Waals surface area contributed by atoms with Gasteiger partial charge in [-0.25, -0.2) is 0 Å². The molecule has 0 heterocycles. The minimum atomic E-state index is -0.114. The molecule has 1 aromatic carbocycles. The largest absolute Gasteiger partial charge is 0.463 e. The summed E-state index contributed by atoms with van der Waals surface area (Å²) in [6, 6.07) is 10.4. The topological polar surface area (TPSA) is 26.3 Å². The Morgan fingerprint density at radius 1 is 1.03 bits per heavy atom. The number of fused-ring (bicyclic) bond motifs is 4. The van der Waals surface area contributed by atoms with E-state index < -0.39 is 0 Å². The Morgan fingerprint density at radius 3 is 2.61 bits per heavy atom. The normalized spacial score (nSPS) is 38.9. The molecule has 31 heavy (non-hydrogen) atoms. The van der Waals surface area contributed by atoms with Crippen LogP contribution in [-0.2, 0) is 9.53 Å². The summed E-state index contributed by atoms with van der Waals surface area (Å²) in [5.74, 6) is 9.33. The van der Waals surface area contributed by atoms with Crippen molar-refractivity contribution in [1.29, 1.82) is 0 Å². The average Bonchev–Trinajstić information content (AvgIpc) is 3.10. The van der Waals surface area contributed by atoms with Crippen molar-refractivity contribution in [2.24, 2.45) is 28.6 Å². The molecule has 0 spiro atoms. The zero-order valence-electron chi connectivity index (χ0n) is 19.4. The number of hydrogen-bond donors (Lipinski definition) is 0. The van der Waals surface area contributed by atoms with Crippen molar-refractivity contribution in [3.63, 3.8) is 0 Å². The van der Waals surface area contributed by atoms with Gasteiger partial charge in [0, 0.05) is 12.5 Å². The molecular formula is C29H36O2. The first-order valence-corrected chi connectivity index (χ1v) is 12.4. The van der Waals surface area contributed by atoms with E-state index in [2.05, 4.69) is 56.0 Å². The summed E-state index contributed by atoms with van der Waals surface area (Å²) in [4.78, 5) is 11.5. The fourth-order valence-electron chi connectivity index (χ4n) is 7.70. The molecule has 2 saturated carbocycles. The SMILES string of the molecule is CC(=O)OC1CCC2(C)C(CCC3C4=C(CCC32)C(C)(C#Cc2ccccc2)CC4)C1. The smallest absolute Gasteiger partial charge is 0.302 e. The van der Waals surface area contributed by atoms with Crippen LogP contribution in [0.4, 0.5) is 0 Å². The van der Waals surface area contributed by atoms with Crippen molar-refractivity contribution < 1.29 is 9.53 Å². The van der Waals surface area contributed by atoms with E-state index in [9.17, 15) is 4.79 Å². The number of carbonyl (C=O) groups is 1. The van der Waals surface area contributed by atoms with Crippen molar-refractivity contribution in [3.8, 4) is 11.8 Å². The van der Waals surface area contributed by atoms with Crippen LogP contribution in [0.1, 0.15) is 84.1 Å². The van der Waals surface area contributed by atoms with Crippen LogP contribution in [-0.4, -0.2) is 12.1 Å². The average molecular weight is 417 g/mol. The van der Waals surface area contributed by atoms with Gasteiger partial charge < -0.3 is 4.74 Å². The fourth-order valence-corrected chi connectivity index (χ4v) is 7.70. The second-order valence-electron chi connectivity index (χ2n) is 11.0. The van der Waals surface area contributed by atoms with Gasteiger partial charge in [0.25, 0.3) is 0 Å². The fraction of sp³-hybridized carbons (Fsp3) is 0.621. The van der Waals surface area contributed by atoms with Crippen LogP contribution in [0.25, 0.3) is 0 Å². The summed E-state index contributed by atoms with van der Waals surface area (Å²) < 4.78 is 5.62. The molecule has 6 unspecified atom stereocenters. The lowest BCUT2D eigenvalue weighted by molar-refractivity contribution is -0.154. The van der Waals surface area contributed by atoms with Crippen molar-refractivity contribution in [2.75, 3.05) is 0 Å². The predicted molar refractivity (Wildman–Crippen MR) is 124 cm³/mol. The summed E-state index contributed by atoms with van der Waals surface area (Å²) in [7, 11) is 0. The van der Waals surface area contributed by atoms with Crippen LogP contribution < -0.4 is 0 Å². The molecule has 2 heteroatoms. The molecule has 0 saturated heterocycles. The van der Waals surface area contributed by atoms with Crippen molar-refractivity contribution in [1.82, 2.24) is 0 Å². The highest BCUT2D eigenvalue weighted by Crippen LogP contribution is 2.63. The van der Waals surface area contributed by atoms with E-state index in [4.69, 9.17) is 4.74 Å². The molecule has 0 amide bonds. The standard InChI is InChI=1S/C29H36O2/c1-20(30)31-23-14-18-29(3)22(19-23)9-10-24-25-15-17-28(2,26(25)11-12-27(24)29)16-13-21-7-5-4-6-8-21/h4-8,22-24,27H,9-12,14-15,17-19H2,1-3H3. The molecule has 4 aliphatic rings. The van der Waals surface area contributed by atoms with E-state index in [1.54, 1.807) is 18.1 Å². The Labute approximate surface area is 187 Å². The Kier molecular flexibility index (Phi) is 5.28. The molecule has 0 N–H and O–H groups in total. The van der Waals surface area contributed by atoms with Gasteiger partial charge in [-0.15, -0.1) is 0 Å². The monoisotopic (exact) mass is 416 g/mol. The van der Waals surface area contributed by atoms with Crippen LogP contribution in [0.3, 0.4) is 0 Å². The van der Waals surface area contributed by atoms with E-state index in [1.807, 2.05) is 0 Å². The molecule has 0 radical (unpaired) electrons. The first-order valence-electron chi connectivity index (χ1n) is 12.4. The van der Waals surface area contributed by atoms with E-state index in [0.29, 0.717) is 11.3 Å². The van der Waals surface area contributed by atoms with Crippen LogP contribution >= 0.6 is 0 Å². The zero-order chi connectivity index (χ0) is 21.6. The second kappa shape index (κ2) is 7.84. The first-order chi connectivity index (χ1) is 14.9. The lowest BCUT2D eigenvalue weighted by Crippen LogP contribution is -2.49. The molecule has 0 aliphatic heterocycles. The third-order valence-electron chi connectivity index (χ3n) is 9.33. The Bertz CT molecular complexity index is 948. The van der Waals surface area contributed by atoms with Gasteiger partial charge in [-0.3, -0.25) is 4.79 Å². The highest BCUT2D eigenvalue weighted by atomic mass is 16.5. The molecular weight excluding hydrogens is 380 g/mol. The molecule has 0 aromatic heterocycles. The van der Waals surface area contributed by atoms with Gasteiger partial charge in [0.2, 0.25) is 0 Å². The second-order valence-corrected chi connectivity index (χ2v) is 11.0. The van der Waals surface area contributed by atoms with E-state index in [0.717, 1.165) is 30.2 Å². The van der Waals surface area contributed by atoms with E-state index >= 15 is 0 Å². The number of esters is 1. The van der Waals surface area contributed by atoms with Crippen LogP contribution in [0.5, 0.6) is 0 Å².